The van der Waals surface area contributed by atoms with Crippen LogP contribution in [0.5, 0.6) is 0 Å². The van der Waals surface area contributed by atoms with E-state index in [1.165, 1.54) is 17.0 Å². The normalized spacial score (nSPS) is 14.7. The zero-order valence-electron chi connectivity index (χ0n) is 17.7. The van der Waals surface area contributed by atoms with Crippen LogP contribution in [0.15, 0.2) is 46.9 Å². The number of hydrogen-bond acceptors (Lipinski definition) is 5. The molecule has 0 saturated carbocycles. The van der Waals surface area contributed by atoms with Gasteiger partial charge in [0.25, 0.3) is 5.89 Å². The number of halogens is 4. The summed E-state index contributed by atoms with van der Waals surface area (Å²) in [5.74, 6) is -1.67. The van der Waals surface area contributed by atoms with E-state index in [4.69, 9.17) is 16.0 Å². The van der Waals surface area contributed by atoms with Crippen molar-refractivity contribution in [2.24, 2.45) is 0 Å². The molecule has 1 aliphatic heterocycles. The van der Waals surface area contributed by atoms with E-state index in [2.05, 4.69) is 15.1 Å². The van der Waals surface area contributed by atoms with E-state index in [0.717, 1.165) is 19.2 Å². The first kappa shape index (κ1) is 23.1. The number of carbonyl (C=O) groups is 1. The molecule has 2 heterocycles. The lowest BCUT2D eigenvalue weighted by molar-refractivity contribution is 0.116. The van der Waals surface area contributed by atoms with Gasteiger partial charge in [-0.1, -0.05) is 17.7 Å². The van der Waals surface area contributed by atoms with Crippen molar-refractivity contribution in [2.45, 2.75) is 13.0 Å². The predicted molar refractivity (Wildman–Crippen MR) is 117 cm³/mol. The van der Waals surface area contributed by atoms with Crippen molar-refractivity contribution in [3.63, 3.8) is 0 Å². The van der Waals surface area contributed by atoms with Crippen molar-refractivity contribution in [1.82, 2.24) is 20.0 Å². The van der Waals surface area contributed by atoms with Gasteiger partial charge in [-0.25, -0.2) is 9.18 Å². The molecule has 174 valence electrons. The Kier molecular flexibility index (Phi) is 6.85. The van der Waals surface area contributed by atoms with Gasteiger partial charge in [-0.2, -0.15) is 8.78 Å². The maximum Gasteiger partial charge on any atom is 0.324 e. The Morgan fingerprint density at radius 2 is 1.82 bits per heavy atom. The maximum atomic E-state index is 15.0. The monoisotopic (exact) mass is 479 g/mol. The second kappa shape index (κ2) is 9.80. The standard InChI is InChI=1S/C22H21ClF3N5O2/c1-29-8-10-30(11-9-29)22(32)31(17-6-4-16(23)5-7-17)13-15-3-2-14(12-18(15)24)20-27-28-21(33-20)19(25)26/h2-7,12,19H,8-11,13H2,1H3. The number of nitrogens with zero attached hydrogens (tertiary/aromatic N) is 5. The number of amides is 2. The van der Waals surface area contributed by atoms with Gasteiger partial charge >= 0.3 is 12.5 Å². The number of anilines is 1. The number of benzene rings is 2. The van der Waals surface area contributed by atoms with Gasteiger partial charge in [0.2, 0.25) is 5.89 Å². The number of urea groups is 1. The molecule has 2 amide bonds. The third-order valence-corrected chi connectivity index (χ3v) is 5.65. The van der Waals surface area contributed by atoms with Crippen LogP contribution >= 0.6 is 11.6 Å². The van der Waals surface area contributed by atoms with Crippen LogP contribution < -0.4 is 4.90 Å². The number of alkyl halides is 2. The molecule has 1 aliphatic rings. The van der Waals surface area contributed by atoms with E-state index in [1.807, 2.05) is 7.05 Å². The first-order chi connectivity index (χ1) is 15.8. The molecule has 0 atom stereocenters. The number of piperazine rings is 1. The smallest absolute Gasteiger partial charge is 0.324 e. The van der Waals surface area contributed by atoms with E-state index in [-0.39, 0.29) is 29.6 Å². The summed E-state index contributed by atoms with van der Waals surface area (Å²) < 4.78 is 45.3. The molecule has 0 bridgehead atoms. The zero-order chi connectivity index (χ0) is 23.5. The predicted octanol–water partition coefficient (Wildman–Crippen LogP) is 4.84. The number of likely N-dealkylation sites (N-methyl/N-ethyl adjacent to an activating group) is 1. The molecule has 4 rings (SSSR count). The third kappa shape index (κ3) is 5.28. The highest BCUT2D eigenvalue weighted by Crippen LogP contribution is 2.27. The van der Waals surface area contributed by atoms with Gasteiger partial charge in [0.15, 0.2) is 0 Å². The molecule has 1 fully saturated rings. The van der Waals surface area contributed by atoms with Crippen LogP contribution in [0.3, 0.4) is 0 Å². The zero-order valence-corrected chi connectivity index (χ0v) is 18.5. The quantitative estimate of drug-likeness (QED) is 0.524. The first-order valence-corrected chi connectivity index (χ1v) is 10.6. The summed E-state index contributed by atoms with van der Waals surface area (Å²) in [5, 5.41) is 7.32. The Labute approximate surface area is 193 Å². The lowest BCUT2D eigenvalue weighted by atomic mass is 10.1. The summed E-state index contributed by atoms with van der Waals surface area (Å²) in [6.07, 6.45) is -2.91. The average molecular weight is 480 g/mol. The molecule has 3 aromatic rings. The molecule has 0 N–H and O–H groups in total. The van der Waals surface area contributed by atoms with Crippen molar-refractivity contribution in [2.75, 3.05) is 38.1 Å². The topological polar surface area (TPSA) is 65.7 Å². The third-order valence-electron chi connectivity index (χ3n) is 5.40. The Balaban J connectivity index is 1.60. The van der Waals surface area contributed by atoms with Gasteiger partial charge < -0.3 is 14.2 Å². The Morgan fingerprint density at radius 1 is 1.12 bits per heavy atom. The summed E-state index contributed by atoms with van der Waals surface area (Å²) in [5.41, 5.74) is 0.981. The molecule has 1 aromatic heterocycles. The summed E-state index contributed by atoms with van der Waals surface area (Å²) >= 11 is 6.00. The minimum atomic E-state index is -2.91. The Bertz CT molecular complexity index is 1120. The SMILES string of the molecule is CN1CCN(C(=O)N(Cc2ccc(-c3nnc(C(F)F)o3)cc2F)c2ccc(Cl)cc2)CC1. The minimum Gasteiger partial charge on any atom is -0.415 e. The maximum absolute atomic E-state index is 15.0. The molecular weight excluding hydrogens is 459 g/mol. The molecule has 1 saturated heterocycles. The first-order valence-electron chi connectivity index (χ1n) is 10.2. The van der Waals surface area contributed by atoms with E-state index < -0.39 is 18.1 Å². The largest absolute Gasteiger partial charge is 0.415 e. The summed E-state index contributed by atoms with van der Waals surface area (Å²) in [6.45, 7) is 2.57. The fourth-order valence-electron chi connectivity index (χ4n) is 3.48. The summed E-state index contributed by atoms with van der Waals surface area (Å²) in [6, 6.07) is 10.6. The van der Waals surface area contributed by atoms with Crippen molar-refractivity contribution < 1.29 is 22.4 Å². The summed E-state index contributed by atoms with van der Waals surface area (Å²) in [7, 11) is 1.99. The van der Waals surface area contributed by atoms with Gasteiger partial charge in [0.05, 0.1) is 6.54 Å². The molecule has 0 radical (unpaired) electrons. The van der Waals surface area contributed by atoms with Crippen molar-refractivity contribution in [3.8, 4) is 11.5 Å². The van der Waals surface area contributed by atoms with Gasteiger partial charge in [-0.15, -0.1) is 10.2 Å². The lowest BCUT2D eigenvalue weighted by Gasteiger charge is -2.36. The van der Waals surface area contributed by atoms with Crippen LogP contribution in [0.1, 0.15) is 17.9 Å². The average Bonchev–Trinajstić information content (AvgIpc) is 3.30. The molecule has 7 nitrogen and oxygen atoms in total. The van der Waals surface area contributed by atoms with Gasteiger partial charge in [0.1, 0.15) is 5.82 Å². The molecule has 0 unspecified atom stereocenters. The molecule has 0 aliphatic carbocycles. The van der Waals surface area contributed by atoms with Crippen LogP contribution in [0.25, 0.3) is 11.5 Å². The van der Waals surface area contributed by atoms with Crippen molar-refractivity contribution in [3.05, 3.63) is 64.8 Å². The highest BCUT2D eigenvalue weighted by molar-refractivity contribution is 6.30. The number of aromatic nitrogens is 2. The Hall–Kier alpha value is -3.11. The van der Waals surface area contributed by atoms with E-state index in [9.17, 15) is 18.0 Å². The van der Waals surface area contributed by atoms with Crippen molar-refractivity contribution >= 4 is 23.3 Å². The second-order valence-electron chi connectivity index (χ2n) is 7.69. The summed E-state index contributed by atoms with van der Waals surface area (Å²) in [4.78, 5) is 18.7. The lowest BCUT2D eigenvalue weighted by Crippen LogP contribution is -2.52. The molecule has 33 heavy (non-hydrogen) atoms. The fourth-order valence-corrected chi connectivity index (χ4v) is 3.60. The molecule has 2 aromatic carbocycles. The highest BCUT2D eigenvalue weighted by atomic mass is 35.5. The molecule has 0 spiro atoms. The van der Waals surface area contributed by atoms with Crippen LogP contribution in [-0.4, -0.2) is 59.3 Å². The second-order valence-corrected chi connectivity index (χ2v) is 8.12. The van der Waals surface area contributed by atoms with Crippen LogP contribution in [-0.2, 0) is 6.54 Å². The van der Waals surface area contributed by atoms with Crippen LogP contribution in [0, 0.1) is 5.82 Å². The van der Waals surface area contributed by atoms with Gasteiger partial charge in [-0.3, -0.25) is 4.90 Å². The Morgan fingerprint density at radius 3 is 2.42 bits per heavy atom. The number of hydrogen-bond donors (Lipinski definition) is 0. The van der Waals surface area contributed by atoms with Crippen LogP contribution in [0.4, 0.5) is 23.7 Å². The van der Waals surface area contributed by atoms with Crippen molar-refractivity contribution in [1.29, 1.82) is 0 Å². The number of rotatable bonds is 5. The van der Waals surface area contributed by atoms with Gasteiger partial charge in [0, 0.05) is 48.0 Å². The number of carbonyl (C=O) groups excluding carboxylic acids is 1. The van der Waals surface area contributed by atoms with E-state index >= 15 is 0 Å². The van der Waals surface area contributed by atoms with E-state index in [1.54, 1.807) is 29.2 Å². The highest BCUT2D eigenvalue weighted by Gasteiger charge is 2.26. The van der Waals surface area contributed by atoms with Crippen LogP contribution in [0.2, 0.25) is 5.02 Å². The molecule has 11 heteroatoms. The van der Waals surface area contributed by atoms with Gasteiger partial charge in [-0.05, 0) is 43.4 Å². The van der Waals surface area contributed by atoms with E-state index in [0.29, 0.717) is 23.8 Å². The fraction of sp³-hybridized carbons (Fsp3) is 0.318. The minimum absolute atomic E-state index is 0.0367. The molecular formula is C22H21ClF3N5O2.